The van der Waals surface area contributed by atoms with Gasteiger partial charge < -0.3 is 4.52 Å². The Kier molecular flexibility index (Phi) is 1.86. The van der Waals surface area contributed by atoms with Crippen LogP contribution in [0.3, 0.4) is 0 Å². The first-order valence-corrected chi connectivity index (χ1v) is 4.42. The summed E-state index contributed by atoms with van der Waals surface area (Å²) >= 11 is 5.56. The molecule has 0 N–H and O–H groups in total. The molecule has 0 unspecified atom stereocenters. The van der Waals surface area contributed by atoms with Crippen LogP contribution in [0.1, 0.15) is 24.3 Å². The lowest BCUT2D eigenvalue weighted by Crippen LogP contribution is -1.84. The van der Waals surface area contributed by atoms with Crippen molar-refractivity contribution in [2.75, 3.05) is 0 Å². The zero-order chi connectivity index (χ0) is 7.68. The molecule has 0 spiro atoms. The summed E-state index contributed by atoms with van der Waals surface area (Å²) in [6, 6.07) is 1.95. The average Bonchev–Trinajstić information content (AvgIpc) is 2.68. The summed E-state index contributed by atoms with van der Waals surface area (Å²) in [6.07, 6.45) is 3.77. The van der Waals surface area contributed by atoms with Crippen LogP contribution in [-0.4, -0.2) is 5.16 Å². The van der Waals surface area contributed by atoms with Crippen molar-refractivity contribution >= 4 is 11.6 Å². The van der Waals surface area contributed by atoms with Crippen molar-refractivity contribution < 1.29 is 4.52 Å². The van der Waals surface area contributed by atoms with E-state index in [1.165, 1.54) is 12.8 Å². The number of halogens is 1. The summed E-state index contributed by atoms with van der Waals surface area (Å²) in [5.41, 5.74) is 1.06. The topological polar surface area (TPSA) is 26.0 Å². The standard InChI is InChI=1S/C8H10ClNO/c9-5-8-4-7(10-11-8)3-6-1-2-6/h4,6H,1-3,5H2. The molecule has 2 rings (SSSR count). The molecule has 2 nitrogen and oxygen atoms in total. The average molecular weight is 172 g/mol. The molecule has 1 aliphatic carbocycles. The molecule has 0 saturated heterocycles. The molecule has 1 heterocycles. The minimum atomic E-state index is 0.428. The Morgan fingerprint density at radius 1 is 1.64 bits per heavy atom. The van der Waals surface area contributed by atoms with Crippen LogP contribution in [0.2, 0.25) is 0 Å². The second kappa shape index (κ2) is 2.86. The van der Waals surface area contributed by atoms with Gasteiger partial charge in [-0.05, 0) is 25.2 Å². The minimum absolute atomic E-state index is 0.428. The molecule has 0 amide bonds. The third-order valence-electron chi connectivity index (χ3n) is 1.93. The Balaban J connectivity index is 1.99. The number of nitrogens with zero attached hydrogens (tertiary/aromatic N) is 1. The van der Waals surface area contributed by atoms with Crippen molar-refractivity contribution in [3.05, 3.63) is 17.5 Å². The van der Waals surface area contributed by atoms with Gasteiger partial charge in [0.25, 0.3) is 0 Å². The van der Waals surface area contributed by atoms with Gasteiger partial charge in [0.15, 0.2) is 5.76 Å². The fourth-order valence-electron chi connectivity index (χ4n) is 1.13. The zero-order valence-electron chi connectivity index (χ0n) is 6.22. The SMILES string of the molecule is ClCc1cc(CC2CC2)no1. The van der Waals surface area contributed by atoms with Crippen molar-refractivity contribution in [1.29, 1.82) is 0 Å². The quantitative estimate of drug-likeness (QED) is 0.653. The summed E-state index contributed by atoms with van der Waals surface area (Å²) in [4.78, 5) is 0. The van der Waals surface area contributed by atoms with Crippen molar-refractivity contribution in [2.45, 2.75) is 25.1 Å². The first-order chi connectivity index (χ1) is 5.38. The van der Waals surface area contributed by atoms with E-state index in [0.717, 1.165) is 23.8 Å². The molecule has 0 aliphatic heterocycles. The summed E-state index contributed by atoms with van der Waals surface area (Å²) < 4.78 is 4.96. The highest BCUT2D eigenvalue weighted by atomic mass is 35.5. The highest BCUT2D eigenvalue weighted by Crippen LogP contribution is 2.32. The van der Waals surface area contributed by atoms with E-state index < -0.39 is 0 Å². The smallest absolute Gasteiger partial charge is 0.151 e. The van der Waals surface area contributed by atoms with Crippen LogP contribution >= 0.6 is 11.6 Å². The molecule has 0 aromatic carbocycles. The van der Waals surface area contributed by atoms with Gasteiger partial charge in [0.05, 0.1) is 11.6 Å². The zero-order valence-corrected chi connectivity index (χ0v) is 6.97. The Bertz CT molecular complexity index is 242. The van der Waals surface area contributed by atoms with E-state index in [2.05, 4.69) is 5.16 Å². The lowest BCUT2D eigenvalue weighted by atomic mass is 10.2. The highest BCUT2D eigenvalue weighted by Gasteiger charge is 2.22. The van der Waals surface area contributed by atoms with E-state index in [1.807, 2.05) is 6.07 Å². The monoisotopic (exact) mass is 171 g/mol. The number of hydrogen-bond acceptors (Lipinski definition) is 2. The fraction of sp³-hybridized carbons (Fsp3) is 0.625. The van der Waals surface area contributed by atoms with Crippen LogP contribution in [0.5, 0.6) is 0 Å². The Hall–Kier alpha value is -0.500. The van der Waals surface area contributed by atoms with Gasteiger partial charge in [0.2, 0.25) is 0 Å². The van der Waals surface area contributed by atoms with Gasteiger partial charge in [0, 0.05) is 6.07 Å². The molecule has 1 fully saturated rings. The Morgan fingerprint density at radius 2 is 2.45 bits per heavy atom. The Morgan fingerprint density at radius 3 is 3.00 bits per heavy atom. The summed E-state index contributed by atoms with van der Waals surface area (Å²) in [6.45, 7) is 0. The molecule has 1 saturated carbocycles. The van der Waals surface area contributed by atoms with Crippen LogP contribution < -0.4 is 0 Å². The number of aromatic nitrogens is 1. The van der Waals surface area contributed by atoms with Crippen LogP contribution in [0, 0.1) is 5.92 Å². The first kappa shape index (κ1) is 7.17. The number of hydrogen-bond donors (Lipinski definition) is 0. The maximum atomic E-state index is 5.56. The second-order valence-electron chi connectivity index (χ2n) is 3.07. The second-order valence-corrected chi connectivity index (χ2v) is 3.33. The molecule has 0 radical (unpaired) electrons. The van der Waals surface area contributed by atoms with E-state index in [0.29, 0.717) is 5.88 Å². The van der Waals surface area contributed by atoms with Crippen molar-refractivity contribution in [3.8, 4) is 0 Å². The lowest BCUT2D eigenvalue weighted by Gasteiger charge is -1.85. The predicted molar refractivity (Wildman–Crippen MR) is 42.5 cm³/mol. The lowest BCUT2D eigenvalue weighted by molar-refractivity contribution is 0.386. The third-order valence-corrected chi connectivity index (χ3v) is 2.20. The van der Waals surface area contributed by atoms with E-state index >= 15 is 0 Å². The summed E-state index contributed by atoms with van der Waals surface area (Å²) in [5.74, 6) is 2.07. The van der Waals surface area contributed by atoms with Gasteiger partial charge in [0.1, 0.15) is 0 Å². The molecular formula is C8H10ClNO. The fourth-order valence-corrected chi connectivity index (χ4v) is 1.26. The predicted octanol–water partition coefficient (Wildman–Crippen LogP) is 2.37. The number of alkyl halides is 1. The molecular weight excluding hydrogens is 162 g/mol. The van der Waals surface area contributed by atoms with E-state index in [9.17, 15) is 0 Å². The van der Waals surface area contributed by atoms with Crippen molar-refractivity contribution in [2.24, 2.45) is 5.92 Å². The number of rotatable bonds is 3. The van der Waals surface area contributed by atoms with Gasteiger partial charge in [-0.15, -0.1) is 11.6 Å². The largest absolute Gasteiger partial charge is 0.360 e. The summed E-state index contributed by atoms with van der Waals surface area (Å²) in [5, 5.41) is 3.91. The molecule has 0 bridgehead atoms. The molecule has 1 aliphatic rings. The van der Waals surface area contributed by atoms with E-state index in [-0.39, 0.29) is 0 Å². The van der Waals surface area contributed by atoms with Crippen LogP contribution in [-0.2, 0) is 12.3 Å². The van der Waals surface area contributed by atoms with E-state index in [4.69, 9.17) is 16.1 Å². The molecule has 11 heavy (non-hydrogen) atoms. The van der Waals surface area contributed by atoms with Gasteiger partial charge in [-0.1, -0.05) is 5.16 Å². The molecule has 60 valence electrons. The molecule has 0 atom stereocenters. The van der Waals surface area contributed by atoms with E-state index in [1.54, 1.807) is 0 Å². The van der Waals surface area contributed by atoms with Gasteiger partial charge in [-0.2, -0.15) is 0 Å². The molecule has 1 aromatic rings. The molecule has 3 heteroatoms. The van der Waals surface area contributed by atoms with Crippen molar-refractivity contribution in [3.63, 3.8) is 0 Å². The van der Waals surface area contributed by atoms with Crippen LogP contribution in [0.4, 0.5) is 0 Å². The van der Waals surface area contributed by atoms with Crippen molar-refractivity contribution in [1.82, 2.24) is 5.16 Å². The van der Waals surface area contributed by atoms with Crippen LogP contribution in [0.15, 0.2) is 10.6 Å². The van der Waals surface area contributed by atoms with Crippen LogP contribution in [0.25, 0.3) is 0 Å². The Labute approximate surface area is 70.5 Å². The first-order valence-electron chi connectivity index (χ1n) is 3.89. The third kappa shape index (κ3) is 1.74. The van der Waals surface area contributed by atoms with Gasteiger partial charge in [-0.25, -0.2) is 0 Å². The highest BCUT2D eigenvalue weighted by molar-refractivity contribution is 6.16. The van der Waals surface area contributed by atoms with Gasteiger partial charge >= 0.3 is 0 Å². The maximum Gasteiger partial charge on any atom is 0.151 e. The minimum Gasteiger partial charge on any atom is -0.360 e. The van der Waals surface area contributed by atoms with Gasteiger partial charge in [-0.3, -0.25) is 0 Å². The summed E-state index contributed by atoms with van der Waals surface area (Å²) in [7, 11) is 0. The molecule has 1 aromatic heterocycles. The maximum absolute atomic E-state index is 5.56. The normalized spacial score (nSPS) is 17.2.